The molecule has 0 saturated heterocycles. The van der Waals surface area contributed by atoms with Gasteiger partial charge in [-0.1, -0.05) is 55.5 Å². The summed E-state index contributed by atoms with van der Waals surface area (Å²) in [5.74, 6) is 0. The van der Waals surface area contributed by atoms with Crippen molar-refractivity contribution in [3.05, 3.63) is 71.9 Å². The van der Waals surface area contributed by atoms with E-state index in [0.29, 0.717) is 6.54 Å². The average molecular weight is 308 g/mol. The van der Waals surface area contributed by atoms with Crippen LogP contribution in [0.3, 0.4) is 0 Å². The highest BCUT2D eigenvalue weighted by molar-refractivity contribution is 5.83. The number of nitrogens with zero attached hydrogens (tertiary/aromatic N) is 1. The zero-order valence-electron chi connectivity index (χ0n) is 13.6. The molecule has 1 atom stereocenters. The van der Waals surface area contributed by atoms with E-state index in [0.717, 1.165) is 25.1 Å². The molecule has 3 heteroatoms. The summed E-state index contributed by atoms with van der Waals surface area (Å²) in [7, 11) is 0. The first kappa shape index (κ1) is 15.8. The number of fused-ring (bicyclic) bond motifs is 1. The van der Waals surface area contributed by atoms with Crippen LogP contribution in [-0.2, 0) is 13.1 Å². The summed E-state index contributed by atoms with van der Waals surface area (Å²) in [6.45, 7) is 4.55. The van der Waals surface area contributed by atoms with E-state index in [-0.39, 0.29) is 0 Å². The molecule has 2 aromatic carbocycles. The Morgan fingerprint density at radius 2 is 1.78 bits per heavy atom. The first-order valence-corrected chi connectivity index (χ1v) is 8.30. The van der Waals surface area contributed by atoms with Crippen molar-refractivity contribution in [2.45, 2.75) is 32.5 Å². The van der Waals surface area contributed by atoms with E-state index in [4.69, 9.17) is 0 Å². The van der Waals surface area contributed by atoms with E-state index in [1.54, 1.807) is 0 Å². The number of aromatic nitrogens is 1. The highest BCUT2D eigenvalue weighted by Crippen LogP contribution is 2.22. The van der Waals surface area contributed by atoms with Crippen LogP contribution in [0.4, 0.5) is 0 Å². The van der Waals surface area contributed by atoms with Gasteiger partial charge in [-0.15, -0.1) is 0 Å². The zero-order valence-corrected chi connectivity index (χ0v) is 13.6. The fourth-order valence-corrected chi connectivity index (χ4v) is 3.03. The van der Waals surface area contributed by atoms with E-state index < -0.39 is 6.10 Å². The van der Waals surface area contributed by atoms with Crippen LogP contribution in [0, 0.1) is 0 Å². The van der Waals surface area contributed by atoms with Crippen molar-refractivity contribution in [3.8, 4) is 0 Å². The molecule has 23 heavy (non-hydrogen) atoms. The predicted octanol–water partition coefficient (Wildman–Crippen LogP) is 3.87. The smallest absolute Gasteiger partial charge is 0.0914 e. The molecule has 0 radical (unpaired) electrons. The molecule has 1 heterocycles. The van der Waals surface area contributed by atoms with Crippen molar-refractivity contribution in [2.24, 2.45) is 0 Å². The van der Waals surface area contributed by atoms with Gasteiger partial charge in [-0.25, -0.2) is 0 Å². The molecular formula is C20H24N2O. The fourth-order valence-electron chi connectivity index (χ4n) is 3.03. The van der Waals surface area contributed by atoms with Gasteiger partial charge >= 0.3 is 0 Å². The van der Waals surface area contributed by atoms with E-state index in [9.17, 15) is 5.11 Å². The summed E-state index contributed by atoms with van der Waals surface area (Å²) < 4.78 is 2.32. The Kier molecular flexibility index (Phi) is 5.11. The van der Waals surface area contributed by atoms with Crippen molar-refractivity contribution < 1.29 is 5.11 Å². The minimum Gasteiger partial charge on any atom is -0.387 e. The van der Waals surface area contributed by atoms with Gasteiger partial charge in [-0.3, -0.25) is 0 Å². The first-order valence-electron chi connectivity index (χ1n) is 8.30. The Labute approximate surface area is 137 Å². The number of aliphatic hydroxyl groups is 1. The van der Waals surface area contributed by atoms with Crippen molar-refractivity contribution >= 4 is 10.9 Å². The Morgan fingerprint density at radius 3 is 2.57 bits per heavy atom. The van der Waals surface area contributed by atoms with Crippen LogP contribution in [0.15, 0.2) is 60.8 Å². The van der Waals surface area contributed by atoms with E-state index in [1.165, 1.54) is 16.5 Å². The molecule has 3 rings (SSSR count). The van der Waals surface area contributed by atoms with Crippen LogP contribution >= 0.6 is 0 Å². The van der Waals surface area contributed by atoms with Crippen molar-refractivity contribution in [1.29, 1.82) is 0 Å². The zero-order chi connectivity index (χ0) is 16.1. The lowest BCUT2D eigenvalue weighted by Crippen LogP contribution is -2.20. The number of para-hydroxylation sites is 1. The van der Waals surface area contributed by atoms with E-state index in [1.807, 2.05) is 30.3 Å². The summed E-state index contributed by atoms with van der Waals surface area (Å²) in [5.41, 5.74) is 3.53. The minimum absolute atomic E-state index is 0.472. The van der Waals surface area contributed by atoms with Crippen LogP contribution in [0.5, 0.6) is 0 Å². The third-order valence-corrected chi connectivity index (χ3v) is 4.17. The summed E-state index contributed by atoms with van der Waals surface area (Å²) in [6, 6.07) is 18.3. The highest BCUT2D eigenvalue weighted by Gasteiger charge is 2.09. The molecule has 2 N–H and O–H groups in total. The Balaban J connectivity index is 1.67. The number of hydrogen-bond donors (Lipinski definition) is 2. The fraction of sp³-hybridized carbons (Fsp3) is 0.300. The van der Waals surface area contributed by atoms with E-state index >= 15 is 0 Å². The van der Waals surface area contributed by atoms with Crippen LogP contribution in [0.1, 0.15) is 30.6 Å². The highest BCUT2D eigenvalue weighted by atomic mass is 16.3. The molecule has 0 spiro atoms. The van der Waals surface area contributed by atoms with Gasteiger partial charge in [-0.05, 0) is 23.6 Å². The maximum absolute atomic E-state index is 10.2. The number of aryl methyl sites for hydroxylation is 1. The summed E-state index contributed by atoms with van der Waals surface area (Å²) in [4.78, 5) is 0. The maximum Gasteiger partial charge on any atom is 0.0914 e. The molecule has 0 amide bonds. The molecule has 0 fully saturated rings. The molecule has 0 aliphatic heterocycles. The Hall–Kier alpha value is -2.10. The van der Waals surface area contributed by atoms with Gasteiger partial charge in [0, 0.05) is 36.7 Å². The summed E-state index contributed by atoms with van der Waals surface area (Å²) in [6.07, 6.45) is 2.88. The molecule has 0 saturated carbocycles. The largest absolute Gasteiger partial charge is 0.387 e. The number of rotatable bonds is 7. The van der Waals surface area contributed by atoms with Gasteiger partial charge in [0.05, 0.1) is 6.10 Å². The van der Waals surface area contributed by atoms with Crippen molar-refractivity contribution in [1.82, 2.24) is 9.88 Å². The second-order valence-corrected chi connectivity index (χ2v) is 5.92. The standard InChI is InChI=1S/C20H24N2O/c1-2-12-22-15-17(18-10-6-7-11-19(18)22)13-21-14-20(23)16-8-4-3-5-9-16/h3-11,15,20-21,23H,2,12-14H2,1H3/t20-/m1/s1. The lowest BCUT2D eigenvalue weighted by molar-refractivity contribution is 0.174. The predicted molar refractivity (Wildman–Crippen MR) is 95.3 cm³/mol. The van der Waals surface area contributed by atoms with Crippen molar-refractivity contribution in [3.63, 3.8) is 0 Å². The normalized spacial score (nSPS) is 12.6. The molecule has 120 valence electrons. The Bertz CT molecular complexity index is 749. The summed E-state index contributed by atoms with van der Waals surface area (Å²) in [5, 5.41) is 14.9. The van der Waals surface area contributed by atoms with Gasteiger partial charge in [0.2, 0.25) is 0 Å². The summed E-state index contributed by atoms with van der Waals surface area (Å²) >= 11 is 0. The lowest BCUT2D eigenvalue weighted by Gasteiger charge is -2.11. The topological polar surface area (TPSA) is 37.2 Å². The maximum atomic E-state index is 10.2. The molecular weight excluding hydrogens is 284 g/mol. The second kappa shape index (κ2) is 7.44. The van der Waals surface area contributed by atoms with Gasteiger partial charge in [-0.2, -0.15) is 0 Å². The molecule has 0 unspecified atom stereocenters. The molecule has 0 bridgehead atoms. The molecule has 3 aromatic rings. The van der Waals surface area contributed by atoms with Gasteiger partial charge in [0.25, 0.3) is 0 Å². The average Bonchev–Trinajstić information content (AvgIpc) is 2.94. The third-order valence-electron chi connectivity index (χ3n) is 4.17. The number of hydrogen-bond acceptors (Lipinski definition) is 2. The molecule has 0 aliphatic carbocycles. The lowest BCUT2D eigenvalue weighted by atomic mass is 10.1. The molecule has 1 aromatic heterocycles. The quantitative estimate of drug-likeness (QED) is 0.695. The van der Waals surface area contributed by atoms with E-state index in [2.05, 4.69) is 47.3 Å². The van der Waals surface area contributed by atoms with Gasteiger partial charge in [0.1, 0.15) is 0 Å². The number of benzene rings is 2. The van der Waals surface area contributed by atoms with Gasteiger partial charge in [0.15, 0.2) is 0 Å². The van der Waals surface area contributed by atoms with Crippen molar-refractivity contribution in [2.75, 3.05) is 6.54 Å². The Morgan fingerprint density at radius 1 is 1.04 bits per heavy atom. The van der Waals surface area contributed by atoms with Crippen LogP contribution in [-0.4, -0.2) is 16.2 Å². The van der Waals surface area contributed by atoms with Crippen LogP contribution in [0.25, 0.3) is 10.9 Å². The molecule has 0 aliphatic rings. The second-order valence-electron chi connectivity index (χ2n) is 5.92. The molecule has 3 nitrogen and oxygen atoms in total. The first-order chi connectivity index (χ1) is 11.3. The van der Waals surface area contributed by atoms with Crippen LogP contribution < -0.4 is 5.32 Å². The number of nitrogens with one attached hydrogen (secondary N) is 1. The third kappa shape index (κ3) is 3.63. The van der Waals surface area contributed by atoms with Crippen LogP contribution in [0.2, 0.25) is 0 Å². The monoisotopic (exact) mass is 308 g/mol. The SMILES string of the molecule is CCCn1cc(CNC[C@@H](O)c2ccccc2)c2ccccc21. The van der Waals surface area contributed by atoms with Gasteiger partial charge < -0.3 is 15.0 Å². The number of aliphatic hydroxyl groups excluding tert-OH is 1. The minimum atomic E-state index is -0.472.